The number of unbranched alkanes of at least 4 members (excludes halogenated alkanes) is 3. The summed E-state index contributed by atoms with van der Waals surface area (Å²) in [6, 6.07) is 6.24. The van der Waals surface area contributed by atoms with Crippen LogP contribution < -0.4 is 20.1 Å². The Labute approximate surface area is 170 Å². The maximum absolute atomic E-state index is 12.9. The van der Waals surface area contributed by atoms with Crippen LogP contribution in [0.1, 0.15) is 32.6 Å². The molecule has 1 heterocycles. The summed E-state index contributed by atoms with van der Waals surface area (Å²) < 4.78 is 15.2. The second-order valence-corrected chi connectivity index (χ2v) is 6.41. The molecule has 0 radical (unpaired) electrons. The number of hydrogen-bond donors (Lipinski definition) is 2. The van der Waals surface area contributed by atoms with Gasteiger partial charge in [0.2, 0.25) is 5.91 Å². The van der Waals surface area contributed by atoms with Crippen molar-refractivity contribution in [2.24, 2.45) is 0 Å². The minimum atomic E-state index is -0.389. The van der Waals surface area contributed by atoms with Gasteiger partial charge in [-0.15, -0.1) is 0 Å². The van der Waals surface area contributed by atoms with E-state index in [2.05, 4.69) is 22.7 Å². The molecule has 0 bridgehead atoms. The molecule has 0 saturated heterocycles. The van der Waals surface area contributed by atoms with Crippen LogP contribution in [0.3, 0.4) is 0 Å². The van der Waals surface area contributed by atoms with Crippen molar-refractivity contribution >= 4 is 23.4 Å². The number of hydrogen-bond acceptors (Lipinski definition) is 6. The predicted octanol–water partition coefficient (Wildman–Crippen LogP) is 3.74. The zero-order valence-electron chi connectivity index (χ0n) is 17.1. The van der Waals surface area contributed by atoms with Gasteiger partial charge in [-0.2, -0.15) is 0 Å². The highest BCUT2D eigenvalue weighted by Gasteiger charge is 2.19. The number of aromatic nitrogens is 1. The van der Waals surface area contributed by atoms with Gasteiger partial charge in [-0.1, -0.05) is 31.3 Å². The molecule has 0 spiro atoms. The van der Waals surface area contributed by atoms with E-state index in [1.165, 1.54) is 24.3 Å². The lowest BCUT2D eigenvalue weighted by molar-refractivity contribution is -0.116. The van der Waals surface area contributed by atoms with Crippen molar-refractivity contribution in [1.82, 2.24) is 10.1 Å². The summed E-state index contributed by atoms with van der Waals surface area (Å²) in [6.07, 6.45) is 5.31. The SMILES string of the molecule is CCCCCCN(CC(=O)Nc1ccon1)C(=O)Nc1ccc(OC)cc1OC. The van der Waals surface area contributed by atoms with Gasteiger partial charge in [0.1, 0.15) is 24.3 Å². The van der Waals surface area contributed by atoms with E-state index in [1.807, 2.05) is 0 Å². The standard InChI is InChI=1S/C20H28N4O5/c1-4-5-6-7-11-24(14-19(25)22-18-10-12-29-23-18)20(26)21-16-9-8-15(27-2)13-17(16)28-3/h8-10,12-13H,4-7,11,14H2,1-3H3,(H,21,26)(H,22,23,25). The Morgan fingerprint density at radius 3 is 2.59 bits per heavy atom. The molecule has 0 fully saturated rings. The van der Waals surface area contributed by atoms with Gasteiger partial charge < -0.3 is 29.5 Å². The van der Waals surface area contributed by atoms with Gasteiger partial charge in [-0.05, 0) is 18.6 Å². The molecule has 2 N–H and O–H groups in total. The maximum atomic E-state index is 12.9. The fourth-order valence-electron chi connectivity index (χ4n) is 2.71. The summed E-state index contributed by atoms with van der Waals surface area (Å²) >= 11 is 0. The fourth-order valence-corrected chi connectivity index (χ4v) is 2.71. The molecule has 9 heteroatoms. The summed E-state index contributed by atoms with van der Waals surface area (Å²) in [5, 5.41) is 9.06. The van der Waals surface area contributed by atoms with Crippen molar-refractivity contribution in [2.45, 2.75) is 32.6 Å². The number of carbonyl (C=O) groups excluding carboxylic acids is 2. The lowest BCUT2D eigenvalue weighted by atomic mass is 10.2. The van der Waals surface area contributed by atoms with Crippen LogP contribution in [0.2, 0.25) is 0 Å². The molecule has 2 rings (SSSR count). The highest BCUT2D eigenvalue weighted by Crippen LogP contribution is 2.29. The van der Waals surface area contributed by atoms with Crippen LogP contribution in [0.4, 0.5) is 16.3 Å². The number of methoxy groups -OCH3 is 2. The first-order valence-electron chi connectivity index (χ1n) is 9.55. The monoisotopic (exact) mass is 404 g/mol. The van der Waals surface area contributed by atoms with Crippen LogP contribution in [0.15, 0.2) is 35.1 Å². The number of amides is 3. The normalized spacial score (nSPS) is 10.3. The molecule has 1 aromatic carbocycles. The Balaban J connectivity index is 2.05. The summed E-state index contributed by atoms with van der Waals surface area (Å²) in [5.41, 5.74) is 0.494. The van der Waals surface area contributed by atoms with Crippen LogP contribution >= 0.6 is 0 Å². The Kier molecular flexibility index (Phi) is 8.81. The number of urea groups is 1. The molecular weight excluding hydrogens is 376 g/mol. The van der Waals surface area contributed by atoms with Crippen LogP contribution in [-0.4, -0.2) is 49.3 Å². The van der Waals surface area contributed by atoms with Gasteiger partial charge in [-0.3, -0.25) is 4.79 Å². The molecule has 2 aromatic rings. The first-order chi connectivity index (χ1) is 14.1. The fraction of sp³-hybridized carbons (Fsp3) is 0.450. The van der Waals surface area contributed by atoms with Crippen molar-refractivity contribution in [3.05, 3.63) is 30.5 Å². The molecule has 29 heavy (non-hydrogen) atoms. The number of nitrogens with zero attached hydrogens (tertiary/aromatic N) is 2. The van der Waals surface area contributed by atoms with Crippen LogP contribution in [-0.2, 0) is 4.79 Å². The average Bonchev–Trinajstić information content (AvgIpc) is 3.23. The van der Waals surface area contributed by atoms with E-state index in [1.54, 1.807) is 25.3 Å². The number of rotatable bonds is 11. The molecule has 0 atom stereocenters. The maximum Gasteiger partial charge on any atom is 0.322 e. The number of ether oxygens (including phenoxy) is 2. The smallest absolute Gasteiger partial charge is 0.322 e. The number of nitrogens with one attached hydrogen (secondary N) is 2. The molecular formula is C20H28N4O5. The van der Waals surface area contributed by atoms with E-state index in [0.29, 0.717) is 29.5 Å². The van der Waals surface area contributed by atoms with Crippen molar-refractivity contribution in [3.63, 3.8) is 0 Å². The average molecular weight is 404 g/mol. The molecule has 0 aliphatic heterocycles. The highest BCUT2D eigenvalue weighted by molar-refractivity contribution is 5.97. The zero-order valence-corrected chi connectivity index (χ0v) is 17.1. The van der Waals surface area contributed by atoms with Crippen molar-refractivity contribution in [1.29, 1.82) is 0 Å². The number of carbonyl (C=O) groups is 2. The van der Waals surface area contributed by atoms with Crippen molar-refractivity contribution in [3.8, 4) is 11.5 Å². The second-order valence-electron chi connectivity index (χ2n) is 6.41. The summed E-state index contributed by atoms with van der Waals surface area (Å²) in [7, 11) is 3.07. The van der Waals surface area contributed by atoms with Gasteiger partial charge in [-0.25, -0.2) is 4.79 Å². The predicted molar refractivity (Wildman–Crippen MR) is 109 cm³/mol. The Morgan fingerprint density at radius 2 is 1.93 bits per heavy atom. The Hall–Kier alpha value is -3.23. The van der Waals surface area contributed by atoms with E-state index >= 15 is 0 Å². The van der Waals surface area contributed by atoms with Gasteiger partial charge in [0.05, 0.1) is 19.9 Å². The molecule has 0 unspecified atom stereocenters. The third kappa shape index (κ3) is 7.02. The molecule has 0 aliphatic carbocycles. The number of anilines is 2. The van der Waals surface area contributed by atoms with Crippen molar-refractivity contribution < 1.29 is 23.6 Å². The third-order valence-corrected chi connectivity index (χ3v) is 4.26. The van der Waals surface area contributed by atoms with Crippen LogP contribution in [0.25, 0.3) is 0 Å². The van der Waals surface area contributed by atoms with E-state index in [0.717, 1.165) is 25.7 Å². The van der Waals surface area contributed by atoms with Crippen LogP contribution in [0, 0.1) is 0 Å². The van der Waals surface area contributed by atoms with Gasteiger partial charge >= 0.3 is 6.03 Å². The highest BCUT2D eigenvalue weighted by atomic mass is 16.5. The van der Waals surface area contributed by atoms with E-state index < -0.39 is 0 Å². The number of benzene rings is 1. The lowest BCUT2D eigenvalue weighted by Crippen LogP contribution is -2.41. The molecule has 0 aliphatic rings. The summed E-state index contributed by atoms with van der Waals surface area (Å²) in [4.78, 5) is 26.6. The zero-order chi connectivity index (χ0) is 21.1. The lowest BCUT2D eigenvalue weighted by Gasteiger charge is -2.23. The van der Waals surface area contributed by atoms with Crippen molar-refractivity contribution in [2.75, 3.05) is 37.9 Å². The summed E-state index contributed by atoms with van der Waals surface area (Å²) in [5.74, 6) is 1.03. The Bertz CT molecular complexity index is 779. The molecule has 158 valence electrons. The first kappa shape index (κ1) is 22.1. The third-order valence-electron chi connectivity index (χ3n) is 4.26. The van der Waals surface area contributed by atoms with Crippen LogP contribution in [0.5, 0.6) is 11.5 Å². The van der Waals surface area contributed by atoms with E-state index in [4.69, 9.17) is 14.0 Å². The molecule has 3 amide bonds. The largest absolute Gasteiger partial charge is 0.497 e. The van der Waals surface area contributed by atoms with Gasteiger partial charge in [0.15, 0.2) is 5.82 Å². The first-order valence-corrected chi connectivity index (χ1v) is 9.55. The Morgan fingerprint density at radius 1 is 1.10 bits per heavy atom. The van der Waals surface area contributed by atoms with E-state index in [9.17, 15) is 9.59 Å². The van der Waals surface area contributed by atoms with E-state index in [-0.39, 0.29) is 18.5 Å². The van der Waals surface area contributed by atoms with Gasteiger partial charge in [0, 0.05) is 18.7 Å². The minimum Gasteiger partial charge on any atom is -0.497 e. The summed E-state index contributed by atoms with van der Waals surface area (Å²) in [6.45, 7) is 2.46. The molecule has 1 aromatic heterocycles. The molecule has 0 saturated carbocycles. The quantitative estimate of drug-likeness (QED) is 0.553. The minimum absolute atomic E-state index is 0.108. The topological polar surface area (TPSA) is 106 Å². The molecule has 9 nitrogen and oxygen atoms in total. The second kappa shape index (κ2) is 11.6. The van der Waals surface area contributed by atoms with Gasteiger partial charge in [0.25, 0.3) is 0 Å².